The average molecular weight is 230 g/mol. The van der Waals surface area contributed by atoms with Crippen LogP contribution in [0.5, 0.6) is 5.75 Å². The summed E-state index contributed by atoms with van der Waals surface area (Å²) in [6, 6.07) is 3.95. The van der Waals surface area contributed by atoms with Gasteiger partial charge in [-0.25, -0.2) is 8.42 Å². The fourth-order valence-electron chi connectivity index (χ4n) is 1.14. The van der Waals surface area contributed by atoms with Crippen molar-refractivity contribution in [3.05, 3.63) is 18.2 Å². The number of sulfone groups is 1. The van der Waals surface area contributed by atoms with Gasteiger partial charge in [0.15, 0.2) is 9.84 Å². The van der Waals surface area contributed by atoms with Crippen molar-refractivity contribution in [2.45, 2.75) is 4.90 Å². The zero-order valence-electron chi connectivity index (χ0n) is 8.34. The standard InChI is InChI=1S/C8H11BO5S/c1-14-7-4-3-6(9(10)11)5-8(7)15(2,12)13/h3-5,10-11H,1-2H3. The van der Waals surface area contributed by atoms with E-state index in [9.17, 15) is 8.42 Å². The Labute approximate surface area is 88.4 Å². The van der Waals surface area contributed by atoms with E-state index in [0.717, 1.165) is 6.26 Å². The molecular formula is C8H11BO5S. The van der Waals surface area contributed by atoms with Crippen molar-refractivity contribution < 1.29 is 23.2 Å². The fourth-order valence-corrected chi connectivity index (χ4v) is 2.01. The first-order valence-electron chi connectivity index (χ1n) is 4.10. The summed E-state index contributed by atoms with van der Waals surface area (Å²) in [5.74, 6) is 0.182. The molecule has 0 amide bonds. The third kappa shape index (κ3) is 2.71. The van der Waals surface area contributed by atoms with E-state index in [2.05, 4.69) is 0 Å². The van der Waals surface area contributed by atoms with Crippen molar-refractivity contribution in [1.82, 2.24) is 0 Å². The Hall–Kier alpha value is -1.05. The number of hydrogen-bond donors (Lipinski definition) is 2. The minimum absolute atomic E-state index is 0.0596. The predicted molar refractivity (Wildman–Crippen MR) is 55.9 cm³/mol. The SMILES string of the molecule is COc1ccc(B(O)O)cc1S(C)(=O)=O. The fraction of sp³-hybridized carbons (Fsp3) is 0.250. The normalized spacial score (nSPS) is 11.2. The molecule has 0 radical (unpaired) electrons. The van der Waals surface area contributed by atoms with Crippen molar-refractivity contribution >= 4 is 22.4 Å². The highest BCUT2D eigenvalue weighted by atomic mass is 32.2. The van der Waals surface area contributed by atoms with Gasteiger partial charge in [-0.3, -0.25) is 0 Å². The predicted octanol–water partition coefficient (Wildman–Crippen LogP) is -1.22. The van der Waals surface area contributed by atoms with Crippen molar-refractivity contribution in [3.8, 4) is 5.75 Å². The summed E-state index contributed by atoms with van der Waals surface area (Å²) < 4.78 is 27.6. The molecule has 15 heavy (non-hydrogen) atoms. The van der Waals surface area contributed by atoms with Crippen LogP contribution in [0.3, 0.4) is 0 Å². The van der Waals surface area contributed by atoms with Crippen molar-refractivity contribution in [1.29, 1.82) is 0 Å². The molecular weight excluding hydrogens is 219 g/mol. The van der Waals surface area contributed by atoms with Crippen LogP contribution >= 0.6 is 0 Å². The minimum atomic E-state index is -3.45. The van der Waals surface area contributed by atoms with E-state index in [1.54, 1.807) is 0 Å². The molecule has 2 N–H and O–H groups in total. The summed E-state index contributed by atoms with van der Waals surface area (Å²) in [6.45, 7) is 0. The summed E-state index contributed by atoms with van der Waals surface area (Å²) in [5.41, 5.74) is 0.108. The molecule has 0 unspecified atom stereocenters. The zero-order valence-corrected chi connectivity index (χ0v) is 9.15. The van der Waals surface area contributed by atoms with E-state index in [0.29, 0.717) is 0 Å². The lowest BCUT2D eigenvalue weighted by Gasteiger charge is -2.08. The second kappa shape index (κ2) is 4.22. The molecule has 0 spiro atoms. The summed E-state index contributed by atoms with van der Waals surface area (Å²) >= 11 is 0. The molecule has 0 aliphatic carbocycles. The molecule has 0 saturated heterocycles. The lowest BCUT2D eigenvalue weighted by molar-refractivity contribution is 0.402. The second-order valence-electron chi connectivity index (χ2n) is 3.06. The van der Waals surface area contributed by atoms with Crippen LogP contribution in [0.2, 0.25) is 0 Å². The van der Waals surface area contributed by atoms with Crippen LogP contribution < -0.4 is 10.2 Å². The number of ether oxygens (including phenoxy) is 1. The largest absolute Gasteiger partial charge is 0.495 e. The molecule has 0 aromatic heterocycles. The third-order valence-corrected chi connectivity index (χ3v) is 3.00. The zero-order chi connectivity index (χ0) is 11.6. The lowest BCUT2D eigenvalue weighted by Crippen LogP contribution is -2.30. The summed E-state index contributed by atoms with van der Waals surface area (Å²) in [5, 5.41) is 17.8. The maximum Gasteiger partial charge on any atom is 0.488 e. The topological polar surface area (TPSA) is 83.8 Å². The quantitative estimate of drug-likeness (QED) is 0.636. The van der Waals surface area contributed by atoms with Gasteiger partial charge in [-0.1, -0.05) is 6.07 Å². The Kier molecular flexibility index (Phi) is 3.38. The van der Waals surface area contributed by atoms with Crippen LogP contribution in [-0.4, -0.2) is 38.9 Å². The van der Waals surface area contributed by atoms with E-state index >= 15 is 0 Å². The smallest absolute Gasteiger partial charge is 0.488 e. The molecule has 0 bridgehead atoms. The van der Waals surface area contributed by atoms with Crippen molar-refractivity contribution in [2.24, 2.45) is 0 Å². The van der Waals surface area contributed by atoms with Crippen LogP contribution in [0.4, 0.5) is 0 Å². The van der Waals surface area contributed by atoms with Gasteiger partial charge < -0.3 is 14.8 Å². The average Bonchev–Trinajstić information content (AvgIpc) is 2.15. The van der Waals surface area contributed by atoms with E-state index in [-0.39, 0.29) is 16.1 Å². The summed E-state index contributed by atoms with van der Waals surface area (Å²) in [4.78, 5) is -0.0596. The van der Waals surface area contributed by atoms with E-state index in [4.69, 9.17) is 14.8 Å². The number of hydrogen-bond acceptors (Lipinski definition) is 5. The van der Waals surface area contributed by atoms with Crippen molar-refractivity contribution in [3.63, 3.8) is 0 Å². The van der Waals surface area contributed by atoms with Crippen LogP contribution in [0.25, 0.3) is 0 Å². The molecule has 1 aromatic carbocycles. The van der Waals surface area contributed by atoms with E-state index < -0.39 is 17.0 Å². The van der Waals surface area contributed by atoms with E-state index in [1.165, 1.54) is 25.3 Å². The van der Waals surface area contributed by atoms with Gasteiger partial charge in [-0.05, 0) is 17.6 Å². The van der Waals surface area contributed by atoms with Crippen LogP contribution in [0.15, 0.2) is 23.1 Å². The van der Waals surface area contributed by atoms with Gasteiger partial charge in [0.1, 0.15) is 10.6 Å². The first-order valence-corrected chi connectivity index (χ1v) is 5.99. The third-order valence-electron chi connectivity index (χ3n) is 1.89. The van der Waals surface area contributed by atoms with Gasteiger partial charge in [0, 0.05) is 6.26 Å². The molecule has 5 nitrogen and oxygen atoms in total. The molecule has 0 heterocycles. The van der Waals surface area contributed by atoms with Crippen molar-refractivity contribution in [2.75, 3.05) is 13.4 Å². The minimum Gasteiger partial charge on any atom is -0.495 e. The molecule has 1 rings (SSSR count). The number of rotatable bonds is 3. The highest BCUT2D eigenvalue weighted by molar-refractivity contribution is 7.90. The Morgan fingerprint density at radius 1 is 1.33 bits per heavy atom. The van der Waals surface area contributed by atoms with Crippen LogP contribution in [0, 0.1) is 0 Å². The summed E-state index contributed by atoms with van der Waals surface area (Å²) in [6.07, 6.45) is 1.03. The molecule has 0 saturated carbocycles. The lowest BCUT2D eigenvalue weighted by atomic mass is 9.80. The molecule has 0 aliphatic rings. The molecule has 0 fully saturated rings. The Morgan fingerprint density at radius 3 is 2.33 bits per heavy atom. The first-order chi connectivity index (χ1) is 6.86. The first kappa shape index (κ1) is 12.0. The van der Waals surface area contributed by atoms with Crippen LogP contribution in [0.1, 0.15) is 0 Å². The van der Waals surface area contributed by atoms with Gasteiger partial charge in [-0.2, -0.15) is 0 Å². The molecule has 82 valence electrons. The van der Waals surface area contributed by atoms with Gasteiger partial charge in [0.05, 0.1) is 7.11 Å². The van der Waals surface area contributed by atoms with E-state index in [1.807, 2.05) is 0 Å². The van der Waals surface area contributed by atoms with Gasteiger partial charge in [0.25, 0.3) is 0 Å². The summed E-state index contributed by atoms with van der Waals surface area (Å²) in [7, 11) is -3.80. The van der Waals surface area contributed by atoms with Gasteiger partial charge in [0.2, 0.25) is 0 Å². The monoisotopic (exact) mass is 230 g/mol. The van der Waals surface area contributed by atoms with Crippen LogP contribution in [-0.2, 0) is 9.84 Å². The van der Waals surface area contributed by atoms with Gasteiger partial charge in [-0.15, -0.1) is 0 Å². The Morgan fingerprint density at radius 2 is 1.93 bits per heavy atom. The molecule has 7 heteroatoms. The number of methoxy groups -OCH3 is 1. The maximum absolute atomic E-state index is 11.3. The maximum atomic E-state index is 11.3. The molecule has 0 atom stereocenters. The highest BCUT2D eigenvalue weighted by Gasteiger charge is 2.19. The highest BCUT2D eigenvalue weighted by Crippen LogP contribution is 2.21. The Bertz CT molecular complexity index is 454. The molecule has 0 aliphatic heterocycles. The van der Waals surface area contributed by atoms with Gasteiger partial charge >= 0.3 is 7.12 Å². The molecule has 1 aromatic rings. The Balaban J connectivity index is 3.39. The second-order valence-corrected chi connectivity index (χ2v) is 5.04. The number of benzene rings is 1.